The van der Waals surface area contributed by atoms with E-state index in [1.165, 1.54) is 5.57 Å². The van der Waals surface area contributed by atoms with Crippen molar-refractivity contribution in [1.82, 2.24) is 10.2 Å². The Morgan fingerprint density at radius 2 is 1.91 bits per heavy atom. The SMILES string of the molecule is C=C(CN(C)C)C(C)(C)NC. The van der Waals surface area contributed by atoms with Crippen LogP contribution in [-0.2, 0) is 0 Å². The summed E-state index contributed by atoms with van der Waals surface area (Å²) in [7, 11) is 6.06. The average molecular weight is 156 g/mol. The van der Waals surface area contributed by atoms with Gasteiger partial charge in [-0.25, -0.2) is 0 Å². The van der Waals surface area contributed by atoms with Gasteiger partial charge in [-0.05, 0) is 40.6 Å². The second kappa shape index (κ2) is 3.88. The van der Waals surface area contributed by atoms with Gasteiger partial charge in [0.15, 0.2) is 0 Å². The molecule has 2 heteroatoms. The molecule has 0 saturated carbocycles. The molecule has 0 spiro atoms. The Kier molecular flexibility index (Phi) is 3.76. The molecule has 11 heavy (non-hydrogen) atoms. The van der Waals surface area contributed by atoms with Gasteiger partial charge in [-0.2, -0.15) is 0 Å². The summed E-state index contributed by atoms with van der Waals surface area (Å²) in [6.45, 7) is 9.25. The van der Waals surface area contributed by atoms with E-state index in [-0.39, 0.29) is 5.54 Å². The third kappa shape index (κ3) is 3.54. The second-order valence-electron chi connectivity index (χ2n) is 3.72. The minimum Gasteiger partial charge on any atom is -0.311 e. The first-order chi connectivity index (χ1) is 4.90. The summed E-state index contributed by atoms with van der Waals surface area (Å²) in [6, 6.07) is 0. The van der Waals surface area contributed by atoms with E-state index in [2.05, 4.69) is 44.7 Å². The van der Waals surface area contributed by atoms with Crippen molar-refractivity contribution >= 4 is 0 Å². The van der Waals surface area contributed by atoms with Crippen molar-refractivity contribution in [2.24, 2.45) is 0 Å². The lowest BCUT2D eigenvalue weighted by atomic mass is 9.95. The molecule has 0 rings (SSSR count). The summed E-state index contributed by atoms with van der Waals surface area (Å²) in [6.07, 6.45) is 0. The van der Waals surface area contributed by atoms with Gasteiger partial charge in [-0.3, -0.25) is 0 Å². The number of nitrogens with one attached hydrogen (secondary N) is 1. The van der Waals surface area contributed by atoms with Crippen molar-refractivity contribution in [2.75, 3.05) is 27.7 Å². The lowest BCUT2D eigenvalue weighted by Crippen LogP contribution is -2.41. The third-order valence-electron chi connectivity index (χ3n) is 2.02. The van der Waals surface area contributed by atoms with Gasteiger partial charge >= 0.3 is 0 Å². The maximum atomic E-state index is 4.03. The first kappa shape index (κ1) is 10.7. The van der Waals surface area contributed by atoms with E-state index in [1.54, 1.807) is 0 Å². The van der Waals surface area contributed by atoms with Crippen LogP contribution in [0.5, 0.6) is 0 Å². The first-order valence-corrected chi connectivity index (χ1v) is 3.92. The first-order valence-electron chi connectivity index (χ1n) is 3.92. The molecule has 66 valence electrons. The standard InChI is InChI=1S/C9H20N2/c1-8(7-11(5)6)9(2,3)10-4/h10H,1,7H2,2-6H3. The van der Waals surface area contributed by atoms with E-state index < -0.39 is 0 Å². The molecule has 0 atom stereocenters. The second-order valence-corrected chi connectivity index (χ2v) is 3.72. The summed E-state index contributed by atoms with van der Waals surface area (Å²) in [5, 5.41) is 3.22. The molecule has 0 aliphatic carbocycles. The average Bonchev–Trinajstić information content (AvgIpc) is 1.86. The number of hydrogen-bond acceptors (Lipinski definition) is 2. The van der Waals surface area contributed by atoms with Crippen LogP contribution in [0.3, 0.4) is 0 Å². The van der Waals surface area contributed by atoms with Crippen LogP contribution in [-0.4, -0.2) is 38.1 Å². The maximum absolute atomic E-state index is 4.03. The van der Waals surface area contributed by atoms with Gasteiger partial charge < -0.3 is 10.2 Å². The highest BCUT2D eigenvalue weighted by molar-refractivity contribution is 5.14. The molecule has 0 aromatic carbocycles. The van der Waals surface area contributed by atoms with Crippen LogP contribution in [0.25, 0.3) is 0 Å². The lowest BCUT2D eigenvalue weighted by Gasteiger charge is -2.28. The molecular formula is C9H20N2. The Morgan fingerprint density at radius 1 is 1.45 bits per heavy atom. The minimum absolute atomic E-state index is 0.0459. The fourth-order valence-electron chi connectivity index (χ4n) is 0.756. The normalized spacial score (nSPS) is 12.2. The Morgan fingerprint density at radius 3 is 2.18 bits per heavy atom. The Hall–Kier alpha value is -0.340. The summed E-state index contributed by atoms with van der Waals surface area (Å²) >= 11 is 0. The van der Waals surface area contributed by atoms with Gasteiger partial charge in [-0.1, -0.05) is 6.58 Å². The van der Waals surface area contributed by atoms with E-state index in [9.17, 15) is 0 Å². The van der Waals surface area contributed by atoms with Crippen LogP contribution in [0.2, 0.25) is 0 Å². The zero-order valence-corrected chi connectivity index (χ0v) is 8.36. The van der Waals surface area contributed by atoms with Crippen molar-refractivity contribution in [1.29, 1.82) is 0 Å². The molecule has 0 radical (unpaired) electrons. The summed E-state index contributed by atoms with van der Waals surface area (Å²) in [4.78, 5) is 2.13. The molecule has 0 amide bonds. The van der Waals surface area contributed by atoms with Crippen LogP contribution in [0.15, 0.2) is 12.2 Å². The third-order valence-corrected chi connectivity index (χ3v) is 2.02. The molecule has 0 aliphatic heterocycles. The van der Waals surface area contributed by atoms with E-state index in [0.29, 0.717) is 0 Å². The fourth-order valence-corrected chi connectivity index (χ4v) is 0.756. The highest BCUT2D eigenvalue weighted by Gasteiger charge is 2.18. The smallest absolute Gasteiger partial charge is 0.0343 e. The lowest BCUT2D eigenvalue weighted by molar-refractivity contribution is 0.393. The monoisotopic (exact) mass is 156 g/mol. The topological polar surface area (TPSA) is 15.3 Å². The Bertz CT molecular complexity index is 136. The van der Waals surface area contributed by atoms with Crippen LogP contribution >= 0.6 is 0 Å². The molecule has 0 aromatic rings. The zero-order chi connectivity index (χ0) is 9.07. The van der Waals surface area contributed by atoms with Gasteiger partial charge in [0, 0.05) is 12.1 Å². The molecule has 0 saturated heterocycles. The fraction of sp³-hybridized carbons (Fsp3) is 0.778. The number of rotatable bonds is 4. The van der Waals surface area contributed by atoms with Crippen molar-refractivity contribution in [2.45, 2.75) is 19.4 Å². The van der Waals surface area contributed by atoms with Gasteiger partial charge in [0.2, 0.25) is 0 Å². The predicted octanol–water partition coefficient (Wildman–Crippen LogP) is 1.10. The van der Waals surface area contributed by atoms with Gasteiger partial charge in [0.05, 0.1) is 0 Å². The molecule has 0 unspecified atom stereocenters. The van der Waals surface area contributed by atoms with E-state index >= 15 is 0 Å². The Labute approximate surface area is 70.3 Å². The van der Waals surface area contributed by atoms with Crippen LogP contribution in [0.4, 0.5) is 0 Å². The number of likely N-dealkylation sites (N-methyl/N-ethyl adjacent to an activating group) is 2. The Balaban J connectivity index is 4.02. The van der Waals surface area contributed by atoms with E-state index in [4.69, 9.17) is 0 Å². The number of nitrogens with zero attached hydrogens (tertiary/aromatic N) is 1. The van der Waals surface area contributed by atoms with Crippen LogP contribution in [0, 0.1) is 0 Å². The summed E-state index contributed by atoms with van der Waals surface area (Å²) in [5.74, 6) is 0. The highest BCUT2D eigenvalue weighted by Crippen LogP contribution is 2.12. The molecule has 0 aromatic heterocycles. The van der Waals surface area contributed by atoms with Crippen molar-refractivity contribution in [3.05, 3.63) is 12.2 Å². The van der Waals surface area contributed by atoms with Crippen LogP contribution < -0.4 is 5.32 Å². The summed E-state index contributed by atoms with van der Waals surface area (Å²) < 4.78 is 0. The van der Waals surface area contributed by atoms with E-state index in [1.807, 2.05) is 7.05 Å². The van der Waals surface area contributed by atoms with Gasteiger partial charge in [-0.15, -0.1) is 0 Å². The molecule has 2 nitrogen and oxygen atoms in total. The van der Waals surface area contributed by atoms with Crippen LogP contribution in [0.1, 0.15) is 13.8 Å². The molecular weight excluding hydrogens is 136 g/mol. The van der Waals surface area contributed by atoms with Crippen molar-refractivity contribution in [3.8, 4) is 0 Å². The molecule has 0 fully saturated rings. The number of hydrogen-bond donors (Lipinski definition) is 1. The quantitative estimate of drug-likeness (QED) is 0.613. The molecule has 0 heterocycles. The van der Waals surface area contributed by atoms with Crippen molar-refractivity contribution < 1.29 is 0 Å². The maximum Gasteiger partial charge on any atom is 0.0343 e. The molecule has 0 bridgehead atoms. The minimum atomic E-state index is 0.0459. The largest absolute Gasteiger partial charge is 0.311 e. The van der Waals surface area contributed by atoms with Crippen molar-refractivity contribution in [3.63, 3.8) is 0 Å². The highest BCUT2D eigenvalue weighted by atomic mass is 15.1. The van der Waals surface area contributed by atoms with E-state index in [0.717, 1.165) is 6.54 Å². The van der Waals surface area contributed by atoms with Gasteiger partial charge in [0.25, 0.3) is 0 Å². The zero-order valence-electron chi connectivity index (χ0n) is 8.36. The summed E-state index contributed by atoms with van der Waals surface area (Å²) in [5.41, 5.74) is 1.26. The molecule has 0 aliphatic rings. The van der Waals surface area contributed by atoms with Gasteiger partial charge in [0.1, 0.15) is 0 Å². The molecule has 1 N–H and O–H groups in total. The predicted molar refractivity (Wildman–Crippen MR) is 50.8 cm³/mol.